The molecule has 31 heavy (non-hydrogen) atoms. The third-order valence-corrected chi connectivity index (χ3v) is 5.54. The van der Waals surface area contributed by atoms with Crippen molar-refractivity contribution in [3.05, 3.63) is 76.8 Å². The molecule has 2 heterocycles. The third kappa shape index (κ3) is 6.06. The van der Waals surface area contributed by atoms with Gasteiger partial charge in [0.25, 0.3) is 0 Å². The number of rotatable bonds is 8. The molecule has 0 spiro atoms. The van der Waals surface area contributed by atoms with Crippen LogP contribution in [0.4, 0.5) is 10.1 Å². The maximum Gasteiger partial charge on any atom is 0.238 e. The van der Waals surface area contributed by atoms with Crippen molar-refractivity contribution in [2.24, 2.45) is 0 Å². The van der Waals surface area contributed by atoms with Gasteiger partial charge in [-0.1, -0.05) is 11.6 Å². The van der Waals surface area contributed by atoms with Gasteiger partial charge in [-0.25, -0.2) is 4.39 Å². The number of nitrogens with zero attached hydrogens (tertiary/aromatic N) is 2. The maximum atomic E-state index is 13.0. The van der Waals surface area contributed by atoms with E-state index in [4.69, 9.17) is 16.3 Å². The Morgan fingerprint density at radius 3 is 2.77 bits per heavy atom. The van der Waals surface area contributed by atoms with Crippen LogP contribution in [0.3, 0.4) is 0 Å². The molecule has 0 radical (unpaired) electrons. The number of hydrogen-bond donors (Lipinski definition) is 2. The lowest BCUT2D eigenvalue weighted by molar-refractivity contribution is -0.117. The molecule has 1 aromatic heterocycles. The maximum absolute atomic E-state index is 13.0. The van der Waals surface area contributed by atoms with Crippen LogP contribution in [0.1, 0.15) is 23.7 Å². The normalized spacial score (nSPS) is 16.4. The molecule has 1 aliphatic heterocycles. The van der Waals surface area contributed by atoms with E-state index in [-0.39, 0.29) is 11.7 Å². The van der Waals surface area contributed by atoms with Crippen LogP contribution in [0.2, 0.25) is 5.02 Å². The summed E-state index contributed by atoms with van der Waals surface area (Å²) < 4.78 is 18.7. The fraction of sp³-hybridized carbons (Fsp3) is 0.304. The van der Waals surface area contributed by atoms with Crippen molar-refractivity contribution in [1.82, 2.24) is 15.1 Å². The van der Waals surface area contributed by atoms with E-state index >= 15 is 0 Å². The number of amides is 1. The molecule has 6 nitrogen and oxygen atoms in total. The van der Waals surface area contributed by atoms with E-state index in [0.29, 0.717) is 29.8 Å². The molecule has 2 N–H and O–H groups in total. The number of aromatic amines is 1. The van der Waals surface area contributed by atoms with Gasteiger partial charge >= 0.3 is 0 Å². The molecule has 1 saturated heterocycles. The zero-order valence-corrected chi connectivity index (χ0v) is 17.7. The van der Waals surface area contributed by atoms with Crippen LogP contribution < -0.4 is 10.1 Å². The lowest BCUT2D eigenvalue weighted by atomic mass is 10.0. The van der Waals surface area contributed by atoms with Crippen LogP contribution in [-0.4, -0.2) is 47.2 Å². The average Bonchev–Trinajstić information content (AvgIpc) is 3.41. The summed E-state index contributed by atoms with van der Waals surface area (Å²) in [6.45, 7) is 2.47. The van der Waals surface area contributed by atoms with E-state index in [1.807, 2.05) is 12.1 Å². The molecule has 1 aliphatic rings. The molecule has 0 aliphatic carbocycles. The second kappa shape index (κ2) is 9.94. The van der Waals surface area contributed by atoms with Gasteiger partial charge in [0.1, 0.15) is 11.6 Å². The number of carbonyl (C=O) groups excluding carboxylic acids is 1. The molecule has 1 fully saturated rings. The number of H-pyrrole nitrogens is 1. The van der Waals surface area contributed by atoms with Gasteiger partial charge in [-0.3, -0.25) is 14.8 Å². The van der Waals surface area contributed by atoms with Gasteiger partial charge in [0.05, 0.1) is 18.8 Å². The number of benzene rings is 2. The van der Waals surface area contributed by atoms with Crippen molar-refractivity contribution >= 4 is 23.2 Å². The molecule has 162 valence electrons. The highest BCUT2D eigenvalue weighted by Gasteiger charge is 2.27. The number of halogens is 2. The van der Waals surface area contributed by atoms with Crippen molar-refractivity contribution in [2.75, 3.05) is 31.6 Å². The molecule has 3 aromatic rings. The SMILES string of the molecule is O=C(CN1CC[C@@H](c2cc(CCOc3ccc(Cl)cc3)[nH]n2)C1)Nc1ccc(F)cc1. The standard InChI is InChI=1S/C23H24ClFN4O2/c24-17-1-7-21(8-2-17)31-12-10-20-13-22(28-27-20)16-9-11-29(14-16)15-23(30)26-19-5-3-18(25)4-6-19/h1-8,13,16H,9-12,14-15H2,(H,26,30)(H,27,28)/t16-/m1/s1. The Hall–Kier alpha value is -2.90. The predicted octanol–water partition coefficient (Wildman–Crippen LogP) is 4.25. The quantitative estimate of drug-likeness (QED) is 0.547. The van der Waals surface area contributed by atoms with Crippen LogP contribution in [0, 0.1) is 5.82 Å². The Morgan fingerprint density at radius 1 is 1.23 bits per heavy atom. The lowest BCUT2D eigenvalue weighted by Crippen LogP contribution is -2.31. The van der Waals surface area contributed by atoms with Crippen LogP contribution in [0.25, 0.3) is 0 Å². The largest absolute Gasteiger partial charge is 0.493 e. The molecule has 1 amide bonds. The molecule has 0 unspecified atom stereocenters. The zero-order chi connectivity index (χ0) is 21.6. The minimum absolute atomic E-state index is 0.102. The summed E-state index contributed by atoms with van der Waals surface area (Å²) in [5, 5.41) is 11.0. The molecule has 2 aromatic carbocycles. The molecule has 8 heteroatoms. The van der Waals surface area contributed by atoms with E-state index in [9.17, 15) is 9.18 Å². The molecule has 4 rings (SSSR count). The van der Waals surface area contributed by atoms with Gasteiger partial charge in [-0.15, -0.1) is 0 Å². The molecule has 0 saturated carbocycles. The average molecular weight is 443 g/mol. The fourth-order valence-corrected chi connectivity index (χ4v) is 3.81. The molecular formula is C23H24ClFN4O2. The Kier molecular flexibility index (Phi) is 6.84. The summed E-state index contributed by atoms with van der Waals surface area (Å²) in [7, 11) is 0. The lowest BCUT2D eigenvalue weighted by Gasteiger charge is -2.15. The van der Waals surface area contributed by atoms with Gasteiger partial charge < -0.3 is 10.1 Å². The summed E-state index contributed by atoms with van der Waals surface area (Å²) >= 11 is 5.88. The number of ether oxygens (including phenoxy) is 1. The minimum Gasteiger partial charge on any atom is -0.493 e. The first kappa shape index (κ1) is 21.3. The van der Waals surface area contributed by atoms with Crippen molar-refractivity contribution in [1.29, 1.82) is 0 Å². The van der Waals surface area contributed by atoms with E-state index in [2.05, 4.69) is 26.5 Å². The molecule has 0 bridgehead atoms. The number of carbonyl (C=O) groups is 1. The van der Waals surface area contributed by atoms with E-state index in [0.717, 1.165) is 43.1 Å². The summed E-state index contributed by atoms with van der Waals surface area (Å²) in [5.74, 6) is 0.653. The number of hydrogen-bond acceptors (Lipinski definition) is 4. The Bertz CT molecular complexity index is 1010. The molecule has 1 atom stereocenters. The van der Waals surface area contributed by atoms with Crippen LogP contribution in [-0.2, 0) is 11.2 Å². The predicted molar refractivity (Wildman–Crippen MR) is 118 cm³/mol. The fourth-order valence-electron chi connectivity index (χ4n) is 3.68. The van der Waals surface area contributed by atoms with Crippen LogP contribution >= 0.6 is 11.6 Å². The third-order valence-electron chi connectivity index (χ3n) is 5.29. The Morgan fingerprint density at radius 2 is 2.00 bits per heavy atom. The second-order valence-electron chi connectivity index (χ2n) is 7.65. The number of anilines is 1. The summed E-state index contributed by atoms with van der Waals surface area (Å²) in [6, 6.07) is 15.2. The van der Waals surface area contributed by atoms with E-state index in [1.165, 1.54) is 12.1 Å². The smallest absolute Gasteiger partial charge is 0.238 e. The first-order valence-electron chi connectivity index (χ1n) is 10.3. The Labute approximate surface area is 185 Å². The van der Waals surface area contributed by atoms with Gasteiger partial charge in [-0.2, -0.15) is 5.10 Å². The number of nitrogens with one attached hydrogen (secondary N) is 2. The highest BCUT2D eigenvalue weighted by molar-refractivity contribution is 6.30. The summed E-state index contributed by atoms with van der Waals surface area (Å²) in [6.07, 6.45) is 1.68. The first-order valence-corrected chi connectivity index (χ1v) is 10.6. The zero-order valence-electron chi connectivity index (χ0n) is 17.0. The van der Waals surface area contributed by atoms with Crippen LogP contribution in [0.5, 0.6) is 5.75 Å². The summed E-state index contributed by atoms with van der Waals surface area (Å²) in [5.41, 5.74) is 2.64. The van der Waals surface area contributed by atoms with E-state index < -0.39 is 0 Å². The van der Waals surface area contributed by atoms with Gasteiger partial charge in [0.15, 0.2) is 0 Å². The summed E-state index contributed by atoms with van der Waals surface area (Å²) in [4.78, 5) is 14.4. The van der Waals surface area contributed by atoms with Gasteiger partial charge in [0.2, 0.25) is 5.91 Å². The van der Waals surface area contributed by atoms with Gasteiger partial charge in [-0.05, 0) is 67.6 Å². The highest BCUT2D eigenvalue weighted by Crippen LogP contribution is 2.26. The van der Waals surface area contributed by atoms with Crippen LogP contribution in [0.15, 0.2) is 54.6 Å². The minimum atomic E-state index is -0.324. The van der Waals surface area contributed by atoms with Crippen molar-refractivity contribution in [3.8, 4) is 5.75 Å². The first-order chi connectivity index (χ1) is 15.0. The van der Waals surface area contributed by atoms with Crippen molar-refractivity contribution < 1.29 is 13.9 Å². The van der Waals surface area contributed by atoms with Crippen molar-refractivity contribution in [2.45, 2.75) is 18.8 Å². The van der Waals surface area contributed by atoms with Gasteiger partial charge in [0, 0.05) is 35.3 Å². The number of likely N-dealkylation sites (tertiary alicyclic amines) is 1. The second-order valence-corrected chi connectivity index (χ2v) is 8.08. The topological polar surface area (TPSA) is 70.2 Å². The number of aromatic nitrogens is 2. The monoisotopic (exact) mass is 442 g/mol. The van der Waals surface area contributed by atoms with Crippen molar-refractivity contribution in [3.63, 3.8) is 0 Å². The highest BCUT2D eigenvalue weighted by atomic mass is 35.5. The van der Waals surface area contributed by atoms with E-state index in [1.54, 1.807) is 24.3 Å². The Balaban J connectivity index is 1.22. The molecular weight excluding hydrogens is 419 g/mol.